The van der Waals surface area contributed by atoms with Gasteiger partial charge in [0.1, 0.15) is 0 Å². The minimum atomic E-state index is -1.27. The van der Waals surface area contributed by atoms with Gasteiger partial charge in [0.25, 0.3) is 0 Å². The van der Waals surface area contributed by atoms with E-state index in [0.717, 1.165) is 12.1 Å². The van der Waals surface area contributed by atoms with Crippen LogP contribution < -0.4 is 0 Å². The SMILES string of the molecule is C=CC[SiH2]OC(F)C=C. The minimum absolute atomic E-state index is 0.711. The molecular formula is C6H11FOSi. The van der Waals surface area contributed by atoms with E-state index in [1.165, 1.54) is 0 Å². The number of halogens is 1. The number of alkyl halides is 1. The van der Waals surface area contributed by atoms with Crippen molar-refractivity contribution in [1.82, 2.24) is 0 Å². The average molecular weight is 146 g/mol. The third-order valence-corrected chi connectivity index (χ3v) is 1.98. The highest BCUT2D eigenvalue weighted by atomic mass is 28.2. The Morgan fingerprint density at radius 2 is 2.33 bits per heavy atom. The van der Waals surface area contributed by atoms with Gasteiger partial charge in [0.15, 0.2) is 9.76 Å². The maximum atomic E-state index is 12.1. The summed E-state index contributed by atoms with van der Waals surface area (Å²) in [6.07, 6.45) is 1.62. The lowest BCUT2D eigenvalue weighted by Gasteiger charge is -2.01. The summed E-state index contributed by atoms with van der Waals surface area (Å²) >= 11 is 0. The van der Waals surface area contributed by atoms with Crippen LogP contribution >= 0.6 is 0 Å². The Bertz CT molecular complexity index is 95.1. The lowest BCUT2D eigenvalue weighted by atomic mass is 10.7. The van der Waals surface area contributed by atoms with Gasteiger partial charge < -0.3 is 4.43 Å². The normalized spacial score (nSPS) is 13.9. The molecule has 0 N–H and O–H groups in total. The quantitative estimate of drug-likeness (QED) is 0.321. The van der Waals surface area contributed by atoms with E-state index in [2.05, 4.69) is 13.2 Å². The van der Waals surface area contributed by atoms with Gasteiger partial charge in [0, 0.05) is 0 Å². The molecule has 0 radical (unpaired) electrons. The smallest absolute Gasteiger partial charge is 0.208 e. The van der Waals surface area contributed by atoms with Crippen molar-refractivity contribution in [3.63, 3.8) is 0 Å². The minimum Gasteiger partial charge on any atom is -0.393 e. The Balaban J connectivity index is 3.05. The molecule has 0 saturated heterocycles. The lowest BCUT2D eigenvalue weighted by molar-refractivity contribution is 0.120. The molecule has 0 aromatic rings. The molecule has 3 heteroatoms. The fraction of sp³-hybridized carbons (Fsp3) is 0.333. The first kappa shape index (κ1) is 8.59. The second-order valence-electron chi connectivity index (χ2n) is 1.54. The van der Waals surface area contributed by atoms with Gasteiger partial charge in [-0.25, -0.2) is 4.39 Å². The number of hydrogen-bond acceptors (Lipinski definition) is 1. The van der Waals surface area contributed by atoms with E-state index in [0.29, 0.717) is 0 Å². The van der Waals surface area contributed by atoms with Crippen molar-refractivity contribution < 1.29 is 8.82 Å². The van der Waals surface area contributed by atoms with E-state index >= 15 is 0 Å². The molecule has 0 saturated carbocycles. The topological polar surface area (TPSA) is 9.23 Å². The summed E-state index contributed by atoms with van der Waals surface area (Å²) < 4.78 is 16.8. The molecule has 0 aliphatic heterocycles. The summed E-state index contributed by atoms with van der Waals surface area (Å²) in [5.41, 5.74) is 0. The van der Waals surface area contributed by atoms with Gasteiger partial charge in [-0.2, -0.15) is 0 Å². The first-order valence-corrected chi connectivity index (χ1v) is 4.38. The summed E-state index contributed by atoms with van der Waals surface area (Å²) in [6.45, 7) is 6.73. The van der Waals surface area contributed by atoms with Crippen LogP contribution in [0.1, 0.15) is 0 Å². The predicted molar refractivity (Wildman–Crippen MR) is 39.7 cm³/mol. The van der Waals surface area contributed by atoms with Crippen LogP contribution in [0, 0.1) is 0 Å². The Labute approximate surface area is 57.2 Å². The third kappa shape index (κ3) is 5.46. The fourth-order valence-corrected chi connectivity index (χ4v) is 0.996. The summed E-state index contributed by atoms with van der Waals surface area (Å²) in [6, 6.07) is 0.814. The van der Waals surface area contributed by atoms with Crippen molar-refractivity contribution in [2.75, 3.05) is 0 Å². The number of allylic oxidation sites excluding steroid dienone is 1. The van der Waals surface area contributed by atoms with E-state index in [1.54, 1.807) is 6.08 Å². The molecule has 0 aliphatic rings. The zero-order valence-electron chi connectivity index (χ0n) is 5.35. The largest absolute Gasteiger partial charge is 0.393 e. The Morgan fingerprint density at radius 1 is 1.67 bits per heavy atom. The van der Waals surface area contributed by atoms with Gasteiger partial charge in [0.05, 0.1) is 0 Å². The molecule has 0 amide bonds. The van der Waals surface area contributed by atoms with Crippen molar-refractivity contribution in [3.8, 4) is 0 Å². The highest BCUT2D eigenvalue weighted by Crippen LogP contribution is 1.93. The molecular weight excluding hydrogens is 135 g/mol. The molecule has 9 heavy (non-hydrogen) atoms. The maximum Gasteiger partial charge on any atom is 0.208 e. The highest BCUT2D eigenvalue weighted by molar-refractivity contribution is 6.27. The second kappa shape index (κ2) is 5.72. The Morgan fingerprint density at radius 3 is 2.78 bits per heavy atom. The van der Waals surface area contributed by atoms with Gasteiger partial charge >= 0.3 is 0 Å². The molecule has 0 aromatic carbocycles. The van der Waals surface area contributed by atoms with Crippen LogP contribution in [-0.4, -0.2) is 16.1 Å². The third-order valence-electron chi connectivity index (χ3n) is 0.784. The standard InChI is InChI=1S/C6H11FOSi/c1-3-5-9-8-6(7)4-2/h3-4,6H,1-2,5,9H2. The highest BCUT2D eigenvalue weighted by Gasteiger charge is 1.96. The van der Waals surface area contributed by atoms with E-state index in [9.17, 15) is 4.39 Å². The zero-order chi connectivity index (χ0) is 7.11. The molecule has 52 valence electrons. The van der Waals surface area contributed by atoms with Gasteiger partial charge in [-0.3, -0.25) is 0 Å². The summed E-state index contributed by atoms with van der Waals surface area (Å²) in [5.74, 6) is 0. The molecule has 0 bridgehead atoms. The predicted octanol–water partition coefficient (Wildman–Crippen LogP) is 1.17. The number of rotatable bonds is 5. The molecule has 0 rings (SSSR count). The van der Waals surface area contributed by atoms with E-state index in [-0.39, 0.29) is 0 Å². The Hall–Kier alpha value is -0.413. The van der Waals surface area contributed by atoms with Crippen LogP contribution in [0.3, 0.4) is 0 Å². The van der Waals surface area contributed by atoms with Crippen LogP contribution in [-0.2, 0) is 4.43 Å². The number of hydrogen-bond donors (Lipinski definition) is 0. The average Bonchev–Trinajstić information content (AvgIpc) is 1.89. The van der Waals surface area contributed by atoms with Crippen molar-refractivity contribution in [3.05, 3.63) is 25.3 Å². The molecule has 0 aliphatic carbocycles. The molecule has 1 atom stereocenters. The lowest BCUT2D eigenvalue weighted by Crippen LogP contribution is -2.05. The van der Waals surface area contributed by atoms with E-state index in [1.807, 2.05) is 0 Å². The second-order valence-corrected chi connectivity index (χ2v) is 2.85. The monoisotopic (exact) mass is 146 g/mol. The molecule has 1 nitrogen and oxygen atoms in total. The summed E-state index contributed by atoms with van der Waals surface area (Å²) in [4.78, 5) is 0. The summed E-state index contributed by atoms with van der Waals surface area (Å²) in [5, 5.41) is 0. The van der Waals surface area contributed by atoms with Crippen LogP contribution in [0.2, 0.25) is 6.04 Å². The van der Waals surface area contributed by atoms with Crippen molar-refractivity contribution in [2.45, 2.75) is 12.4 Å². The Kier molecular flexibility index (Phi) is 5.46. The van der Waals surface area contributed by atoms with Gasteiger partial charge in [-0.15, -0.1) is 6.58 Å². The van der Waals surface area contributed by atoms with Gasteiger partial charge in [-0.05, 0) is 12.1 Å². The fourth-order valence-electron chi connectivity index (χ4n) is 0.332. The molecule has 0 fully saturated rings. The van der Waals surface area contributed by atoms with Crippen molar-refractivity contribution in [1.29, 1.82) is 0 Å². The first-order chi connectivity index (χ1) is 4.31. The van der Waals surface area contributed by atoms with Crippen molar-refractivity contribution >= 4 is 9.76 Å². The van der Waals surface area contributed by atoms with Crippen LogP contribution in [0.25, 0.3) is 0 Å². The van der Waals surface area contributed by atoms with E-state index < -0.39 is 16.1 Å². The zero-order valence-corrected chi connectivity index (χ0v) is 6.76. The molecule has 1 unspecified atom stereocenters. The van der Waals surface area contributed by atoms with E-state index in [4.69, 9.17) is 4.43 Å². The molecule has 0 spiro atoms. The van der Waals surface area contributed by atoms with Gasteiger partial charge in [0.2, 0.25) is 6.36 Å². The first-order valence-electron chi connectivity index (χ1n) is 2.80. The van der Waals surface area contributed by atoms with Crippen LogP contribution in [0.5, 0.6) is 0 Å². The van der Waals surface area contributed by atoms with Gasteiger partial charge in [-0.1, -0.05) is 12.7 Å². The van der Waals surface area contributed by atoms with Crippen molar-refractivity contribution in [2.24, 2.45) is 0 Å². The van der Waals surface area contributed by atoms with Crippen LogP contribution in [0.15, 0.2) is 25.3 Å². The maximum absolute atomic E-state index is 12.1. The van der Waals surface area contributed by atoms with Crippen LogP contribution in [0.4, 0.5) is 4.39 Å². The molecule has 0 aromatic heterocycles. The summed E-state index contributed by atoms with van der Waals surface area (Å²) in [7, 11) is -0.711. The molecule has 0 heterocycles.